The van der Waals surface area contributed by atoms with E-state index < -0.39 is 17.8 Å². The summed E-state index contributed by atoms with van der Waals surface area (Å²) in [4.78, 5) is 35.9. The highest BCUT2D eigenvalue weighted by atomic mass is 16.4. The van der Waals surface area contributed by atoms with Gasteiger partial charge in [-0.2, -0.15) is 0 Å². The van der Waals surface area contributed by atoms with Crippen molar-refractivity contribution >= 4 is 29.2 Å². The summed E-state index contributed by atoms with van der Waals surface area (Å²) < 4.78 is 0. The van der Waals surface area contributed by atoms with Crippen LogP contribution >= 0.6 is 0 Å². The standard InChI is InChI=1S/C15H16N2O4/c1-8(18)17-5-4-9-6-10(2-3-13(9)17)16-14(19)11-7-12(11)15(20)21/h2-3,6,11-12H,4-5,7H2,1H3,(H,16,19)(H,20,21). The van der Waals surface area contributed by atoms with E-state index in [-0.39, 0.29) is 11.8 Å². The number of fused-ring (bicyclic) bond motifs is 1. The number of nitrogens with zero attached hydrogens (tertiary/aromatic N) is 1. The topological polar surface area (TPSA) is 86.7 Å². The Hall–Kier alpha value is -2.37. The summed E-state index contributed by atoms with van der Waals surface area (Å²) in [6.07, 6.45) is 1.17. The number of hydrogen-bond donors (Lipinski definition) is 2. The van der Waals surface area contributed by atoms with Crippen molar-refractivity contribution in [3.63, 3.8) is 0 Å². The summed E-state index contributed by atoms with van der Waals surface area (Å²) in [6, 6.07) is 5.42. The maximum atomic E-state index is 11.9. The summed E-state index contributed by atoms with van der Waals surface area (Å²) >= 11 is 0. The second-order valence-electron chi connectivity index (χ2n) is 5.54. The predicted octanol–water partition coefficient (Wildman–Crippen LogP) is 1.25. The van der Waals surface area contributed by atoms with E-state index in [2.05, 4.69) is 5.32 Å². The molecule has 3 rings (SSSR count). The molecule has 0 bridgehead atoms. The van der Waals surface area contributed by atoms with Gasteiger partial charge in [0.25, 0.3) is 0 Å². The molecule has 1 saturated carbocycles. The van der Waals surface area contributed by atoms with E-state index in [0.29, 0.717) is 18.7 Å². The number of nitrogens with one attached hydrogen (secondary N) is 1. The first-order valence-electron chi connectivity index (χ1n) is 6.92. The van der Waals surface area contributed by atoms with Crippen LogP contribution in [0.1, 0.15) is 18.9 Å². The van der Waals surface area contributed by atoms with Crippen LogP contribution in [0.4, 0.5) is 11.4 Å². The number of carbonyl (C=O) groups is 3. The summed E-state index contributed by atoms with van der Waals surface area (Å²) in [7, 11) is 0. The van der Waals surface area contributed by atoms with E-state index in [1.54, 1.807) is 11.0 Å². The minimum Gasteiger partial charge on any atom is -0.481 e. The average molecular weight is 288 g/mol. The van der Waals surface area contributed by atoms with Crippen molar-refractivity contribution in [2.75, 3.05) is 16.8 Å². The Labute approximate surface area is 121 Å². The van der Waals surface area contributed by atoms with Gasteiger partial charge in [-0.15, -0.1) is 0 Å². The Morgan fingerprint density at radius 2 is 2.05 bits per heavy atom. The molecule has 2 unspecified atom stereocenters. The summed E-state index contributed by atoms with van der Waals surface area (Å²) in [5, 5.41) is 11.6. The molecule has 1 heterocycles. The zero-order chi connectivity index (χ0) is 15.1. The summed E-state index contributed by atoms with van der Waals surface area (Å²) in [5.41, 5.74) is 2.56. The van der Waals surface area contributed by atoms with Crippen LogP contribution in [-0.4, -0.2) is 29.4 Å². The third kappa shape index (κ3) is 2.49. The van der Waals surface area contributed by atoms with Crippen LogP contribution < -0.4 is 10.2 Å². The van der Waals surface area contributed by atoms with Crippen molar-refractivity contribution in [3.05, 3.63) is 23.8 Å². The van der Waals surface area contributed by atoms with Gasteiger partial charge in [-0.05, 0) is 36.6 Å². The summed E-state index contributed by atoms with van der Waals surface area (Å²) in [5.74, 6) is -2.13. The zero-order valence-electron chi connectivity index (χ0n) is 11.6. The fraction of sp³-hybridized carbons (Fsp3) is 0.400. The zero-order valence-corrected chi connectivity index (χ0v) is 11.6. The molecule has 2 N–H and O–H groups in total. The number of amides is 2. The third-order valence-electron chi connectivity index (χ3n) is 4.07. The van der Waals surface area contributed by atoms with Crippen LogP contribution in [0.2, 0.25) is 0 Å². The van der Waals surface area contributed by atoms with Crippen LogP contribution in [0.3, 0.4) is 0 Å². The molecule has 6 heteroatoms. The number of aliphatic carboxylic acids is 1. The van der Waals surface area contributed by atoms with Crippen LogP contribution in [0.25, 0.3) is 0 Å². The highest BCUT2D eigenvalue weighted by Crippen LogP contribution is 2.39. The Bertz CT molecular complexity index is 641. The lowest BCUT2D eigenvalue weighted by Gasteiger charge is -2.15. The van der Waals surface area contributed by atoms with Gasteiger partial charge in [-0.3, -0.25) is 14.4 Å². The molecule has 1 fully saturated rings. The summed E-state index contributed by atoms with van der Waals surface area (Å²) in [6.45, 7) is 2.19. The van der Waals surface area contributed by atoms with Crippen molar-refractivity contribution in [1.82, 2.24) is 0 Å². The lowest BCUT2D eigenvalue weighted by molar-refractivity contribution is -0.139. The van der Waals surface area contributed by atoms with Crippen LogP contribution in [0.5, 0.6) is 0 Å². The molecule has 1 aliphatic carbocycles. The number of anilines is 2. The second-order valence-corrected chi connectivity index (χ2v) is 5.54. The molecule has 6 nitrogen and oxygen atoms in total. The molecule has 2 atom stereocenters. The normalized spacial score (nSPS) is 22.6. The van der Waals surface area contributed by atoms with E-state index >= 15 is 0 Å². The van der Waals surface area contributed by atoms with Crippen molar-refractivity contribution < 1.29 is 19.5 Å². The van der Waals surface area contributed by atoms with E-state index in [1.807, 2.05) is 12.1 Å². The molecule has 1 aromatic rings. The molecule has 1 aliphatic heterocycles. The van der Waals surface area contributed by atoms with Gasteiger partial charge in [0.2, 0.25) is 11.8 Å². The molecule has 1 aromatic carbocycles. The van der Waals surface area contributed by atoms with E-state index in [0.717, 1.165) is 17.7 Å². The molecule has 0 radical (unpaired) electrons. The molecule has 21 heavy (non-hydrogen) atoms. The van der Waals surface area contributed by atoms with Gasteiger partial charge in [0, 0.05) is 24.8 Å². The first-order chi connectivity index (χ1) is 9.97. The Morgan fingerprint density at radius 3 is 2.67 bits per heavy atom. The van der Waals surface area contributed by atoms with Gasteiger partial charge < -0.3 is 15.3 Å². The number of benzene rings is 1. The largest absolute Gasteiger partial charge is 0.481 e. The average Bonchev–Trinajstić information content (AvgIpc) is 3.12. The maximum Gasteiger partial charge on any atom is 0.307 e. The van der Waals surface area contributed by atoms with Crippen LogP contribution in [0, 0.1) is 11.8 Å². The van der Waals surface area contributed by atoms with Crippen molar-refractivity contribution in [2.45, 2.75) is 19.8 Å². The van der Waals surface area contributed by atoms with Gasteiger partial charge in [-0.1, -0.05) is 0 Å². The smallest absolute Gasteiger partial charge is 0.307 e. The fourth-order valence-electron chi connectivity index (χ4n) is 2.80. The van der Waals surface area contributed by atoms with Crippen molar-refractivity contribution in [3.8, 4) is 0 Å². The van der Waals surface area contributed by atoms with E-state index in [4.69, 9.17) is 5.11 Å². The van der Waals surface area contributed by atoms with Gasteiger partial charge >= 0.3 is 5.97 Å². The number of carboxylic acids is 1. The van der Waals surface area contributed by atoms with Crippen LogP contribution in [0.15, 0.2) is 18.2 Å². The number of carbonyl (C=O) groups excluding carboxylic acids is 2. The lowest BCUT2D eigenvalue weighted by Crippen LogP contribution is -2.25. The van der Waals surface area contributed by atoms with Gasteiger partial charge in [-0.25, -0.2) is 0 Å². The molecule has 0 spiro atoms. The molecule has 0 saturated heterocycles. The first kappa shape index (κ1) is 13.6. The Balaban J connectivity index is 1.70. The van der Waals surface area contributed by atoms with Crippen molar-refractivity contribution in [2.24, 2.45) is 11.8 Å². The van der Waals surface area contributed by atoms with Gasteiger partial charge in [0.05, 0.1) is 11.8 Å². The molecule has 2 aliphatic rings. The molecule has 110 valence electrons. The lowest BCUT2D eigenvalue weighted by atomic mass is 10.1. The predicted molar refractivity (Wildman–Crippen MR) is 76.0 cm³/mol. The second kappa shape index (κ2) is 4.87. The third-order valence-corrected chi connectivity index (χ3v) is 4.07. The van der Waals surface area contributed by atoms with Crippen LogP contribution in [-0.2, 0) is 20.8 Å². The molecule has 2 amide bonds. The SMILES string of the molecule is CC(=O)N1CCc2cc(NC(=O)C3CC3C(=O)O)ccc21. The highest BCUT2D eigenvalue weighted by molar-refractivity contribution is 5.99. The van der Waals surface area contributed by atoms with E-state index in [9.17, 15) is 14.4 Å². The number of carboxylic acid groups (broad SMARTS) is 1. The number of hydrogen-bond acceptors (Lipinski definition) is 3. The quantitative estimate of drug-likeness (QED) is 0.876. The van der Waals surface area contributed by atoms with Gasteiger partial charge in [0.1, 0.15) is 0 Å². The fourth-order valence-corrected chi connectivity index (χ4v) is 2.80. The minimum absolute atomic E-state index is 0.00724. The van der Waals surface area contributed by atoms with Crippen molar-refractivity contribution in [1.29, 1.82) is 0 Å². The first-order valence-corrected chi connectivity index (χ1v) is 6.92. The van der Waals surface area contributed by atoms with Gasteiger partial charge in [0.15, 0.2) is 0 Å². The number of rotatable bonds is 3. The highest BCUT2D eigenvalue weighted by Gasteiger charge is 2.48. The molecular formula is C15H16N2O4. The van der Waals surface area contributed by atoms with E-state index in [1.165, 1.54) is 6.92 Å². The molecule has 0 aromatic heterocycles. The minimum atomic E-state index is -0.916. The Kier molecular flexibility index (Phi) is 3.16. The Morgan fingerprint density at radius 1 is 1.29 bits per heavy atom. The molecular weight excluding hydrogens is 272 g/mol. The monoisotopic (exact) mass is 288 g/mol. The maximum absolute atomic E-state index is 11.9.